The largest absolute Gasteiger partial charge is 1.00 e. The van der Waals surface area contributed by atoms with Crippen LogP contribution in [0.2, 0.25) is 6.32 Å². The van der Waals surface area contributed by atoms with Gasteiger partial charge >= 0.3 is 65.9 Å². The minimum Gasteiger partial charge on any atom is -0.669 e. The van der Waals surface area contributed by atoms with Gasteiger partial charge in [0, 0.05) is 0 Å². The zero-order valence-electron chi connectivity index (χ0n) is 11.2. The summed E-state index contributed by atoms with van der Waals surface area (Å²) in [5, 5.41) is 29.9. The van der Waals surface area contributed by atoms with Crippen LogP contribution < -0.4 is 73.6 Å². The van der Waals surface area contributed by atoms with Gasteiger partial charge in [-0.1, -0.05) is 12.4 Å². The van der Waals surface area contributed by atoms with Crippen LogP contribution in [0.3, 0.4) is 0 Å². The van der Waals surface area contributed by atoms with Crippen molar-refractivity contribution in [3.05, 3.63) is 23.3 Å². The van der Waals surface area contributed by atoms with Crippen molar-refractivity contribution in [3.8, 4) is 11.5 Å². The normalized spacial score (nSPS) is 15.1. The molecule has 0 unspecified atom stereocenters. The van der Waals surface area contributed by atoms with E-state index in [0.29, 0.717) is 12.0 Å². The zero-order valence-corrected chi connectivity index (χ0v) is 15.2. The second-order valence-electron chi connectivity index (χ2n) is 3.93. The third kappa shape index (κ3) is 4.12. The van der Waals surface area contributed by atoms with Crippen LogP contribution in [0, 0.1) is 0 Å². The first-order valence-corrected chi connectivity index (χ1v) is 5.15. The van der Waals surface area contributed by atoms with Crippen molar-refractivity contribution in [1.29, 1.82) is 0 Å². The Labute approximate surface area is 154 Å². The van der Waals surface area contributed by atoms with E-state index < -0.39 is 12.7 Å². The summed E-state index contributed by atoms with van der Waals surface area (Å²) in [6.45, 7) is -3.01. The van der Waals surface area contributed by atoms with E-state index in [1.54, 1.807) is 6.07 Å². The van der Waals surface area contributed by atoms with Gasteiger partial charge in [-0.3, -0.25) is 0 Å². The second kappa shape index (κ2) is 7.33. The molecule has 0 radical (unpaired) electrons. The Kier molecular flexibility index (Phi) is 7.44. The molecule has 0 aromatic heterocycles. The molecule has 2 rings (SSSR count). The molecule has 0 spiro atoms. The van der Waals surface area contributed by atoms with E-state index in [9.17, 15) is 19.9 Å². The van der Waals surface area contributed by atoms with E-state index in [2.05, 4.69) is 0 Å². The minimum atomic E-state index is -3.01. The van der Waals surface area contributed by atoms with Crippen molar-refractivity contribution in [2.75, 3.05) is 7.11 Å². The first-order chi connectivity index (χ1) is 7.94. The molecule has 0 atom stereocenters. The van der Waals surface area contributed by atoms with Gasteiger partial charge in [0.15, 0.2) is 0 Å². The molecular weight excluding hydrogens is 273 g/mol. The number of aryl methyl sites for hydroxylation is 1. The molecule has 1 aliphatic heterocycles. The topological polar surface area (TPSA) is 99.1 Å². The molecule has 1 aromatic rings. The van der Waals surface area contributed by atoms with Gasteiger partial charge in [-0.05, 0) is 18.1 Å². The van der Waals surface area contributed by atoms with Crippen molar-refractivity contribution in [2.24, 2.45) is 0 Å². The SMILES string of the molecule is COc1ccc2c(c1C(=O)[O-])O[B-](O)(O)CC2.[Na+].[Na+]. The summed E-state index contributed by atoms with van der Waals surface area (Å²) in [5.41, 5.74) is 0.296. The van der Waals surface area contributed by atoms with Gasteiger partial charge in [0.1, 0.15) is 5.75 Å². The summed E-state index contributed by atoms with van der Waals surface area (Å²) in [6.07, 6.45) is 0.360. The Morgan fingerprint density at radius 1 is 1.42 bits per heavy atom. The van der Waals surface area contributed by atoms with Crippen LogP contribution in [0.25, 0.3) is 0 Å². The van der Waals surface area contributed by atoms with E-state index >= 15 is 0 Å². The number of carbonyl (C=O) groups excluding carboxylic acids is 1. The van der Waals surface area contributed by atoms with Crippen LogP contribution in [-0.2, 0) is 6.42 Å². The maximum Gasteiger partial charge on any atom is 1.00 e. The molecule has 0 saturated heterocycles. The standard InChI is InChI=1S/C10H12BO6.2Na/c1-16-7-3-2-6-4-5-11(14,15)17-9(6)8(7)10(12)13;;/h2-3,14-15H,4-5H2,1H3,(H,12,13);;/q-1;2*+1/p-1. The number of carboxylic acid groups (broad SMARTS) is 1. The molecule has 19 heavy (non-hydrogen) atoms. The first kappa shape index (κ1) is 19.3. The number of hydrogen-bond acceptors (Lipinski definition) is 6. The maximum absolute atomic E-state index is 11.0. The van der Waals surface area contributed by atoms with Gasteiger partial charge in [-0.15, -0.1) is 0 Å². The van der Waals surface area contributed by atoms with Crippen molar-refractivity contribution in [2.45, 2.75) is 12.7 Å². The Morgan fingerprint density at radius 3 is 2.58 bits per heavy atom. The molecule has 1 heterocycles. The van der Waals surface area contributed by atoms with Crippen molar-refractivity contribution in [3.63, 3.8) is 0 Å². The number of rotatable bonds is 2. The Balaban J connectivity index is 0.00000162. The van der Waals surface area contributed by atoms with Gasteiger partial charge in [0.2, 0.25) is 0 Å². The minimum absolute atomic E-state index is 0. The Bertz CT molecular complexity index is 479. The number of methoxy groups -OCH3 is 1. The fourth-order valence-corrected chi connectivity index (χ4v) is 1.89. The molecule has 0 bridgehead atoms. The zero-order chi connectivity index (χ0) is 12.6. The van der Waals surface area contributed by atoms with Crippen molar-refractivity contribution < 1.29 is 88.5 Å². The third-order valence-corrected chi connectivity index (χ3v) is 2.72. The third-order valence-electron chi connectivity index (χ3n) is 2.72. The van der Waals surface area contributed by atoms with Crippen molar-refractivity contribution >= 4 is 12.7 Å². The van der Waals surface area contributed by atoms with Crippen LogP contribution in [0.1, 0.15) is 15.9 Å². The molecule has 1 aliphatic rings. The molecule has 0 aliphatic carbocycles. The van der Waals surface area contributed by atoms with Crippen LogP contribution in [0.4, 0.5) is 0 Å². The number of ether oxygens (including phenoxy) is 1. The fourth-order valence-electron chi connectivity index (χ4n) is 1.89. The summed E-state index contributed by atoms with van der Waals surface area (Å²) in [4.78, 5) is 11.0. The van der Waals surface area contributed by atoms with E-state index in [0.717, 1.165) is 0 Å². The fraction of sp³-hybridized carbons (Fsp3) is 0.300. The van der Waals surface area contributed by atoms with Crippen LogP contribution in [-0.4, -0.2) is 29.9 Å². The van der Waals surface area contributed by atoms with Crippen molar-refractivity contribution in [1.82, 2.24) is 0 Å². The number of aromatic carboxylic acids is 1. The smallest absolute Gasteiger partial charge is 0.669 e. The van der Waals surface area contributed by atoms with Gasteiger partial charge in [0.05, 0.1) is 24.4 Å². The van der Waals surface area contributed by atoms with Gasteiger partial charge in [0.25, 0.3) is 0 Å². The van der Waals surface area contributed by atoms with E-state index in [-0.39, 0.29) is 82.5 Å². The predicted octanol–water partition coefficient (Wildman–Crippen LogP) is -7.07. The number of fused-ring (bicyclic) bond motifs is 1. The van der Waals surface area contributed by atoms with E-state index in [4.69, 9.17) is 9.39 Å². The average molecular weight is 284 g/mol. The predicted molar refractivity (Wildman–Crippen MR) is 56.7 cm³/mol. The average Bonchev–Trinajstić information content (AvgIpc) is 2.25. The van der Waals surface area contributed by atoms with Crippen LogP contribution in [0.5, 0.6) is 11.5 Å². The van der Waals surface area contributed by atoms with E-state index in [1.165, 1.54) is 13.2 Å². The molecule has 6 nitrogen and oxygen atoms in total. The first-order valence-electron chi connectivity index (χ1n) is 5.15. The monoisotopic (exact) mass is 284 g/mol. The molecule has 1 aromatic carbocycles. The summed E-state index contributed by atoms with van der Waals surface area (Å²) in [5.74, 6) is -1.50. The second-order valence-corrected chi connectivity index (χ2v) is 3.93. The Morgan fingerprint density at radius 2 is 2.05 bits per heavy atom. The van der Waals surface area contributed by atoms with Gasteiger partial charge in [-0.2, -0.15) is 0 Å². The quantitative estimate of drug-likeness (QED) is 0.524. The summed E-state index contributed by atoms with van der Waals surface area (Å²) in [7, 11) is 1.31. The molecule has 2 N–H and O–H groups in total. The van der Waals surface area contributed by atoms with Gasteiger partial charge < -0.3 is 29.3 Å². The van der Waals surface area contributed by atoms with E-state index in [1.807, 2.05) is 0 Å². The summed E-state index contributed by atoms with van der Waals surface area (Å²) >= 11 is 0. The molecular formula is C10H11BNa2O6. The number of benzene rings is 1. The Hall–Kier alpha value is 0.275. The molecule has 9 heteroatoms. The molecule has 0 fully saturated rings. The molecule has 0 amide bonds. The van der Waals surface area contributed by atoms with Crippen LogP contribution in [0.15, 0.2) is 12.1 Å². The summed E-state index contributed by atoms with van der Waals surface area (Å²) < 4.78 is 9.81. The summed E-state index contributed by atoms with van der Waals surface area (Å²) in [6, 6.07) is 3.12. The van der Waals surface area contributed by atoms with Gasteiger partial charge in [-0.25, -0.2) is 0 Å². The number of carboxylic acids is 1. The molecule has 0 saturated carbocycles. The van der Waals surface area contributed by atoms with Crippen LogP contribution >= 0.6 is 0 Å². The molecule has 92 valence electrons. The number of carbonyl (C=O) groups is 1. The number of hydrogen-bond donors (Lipinski definition) is 2. The maximum atomic E-state index is 11.0.